The number of ketones is 1. The molecule has 6 heteroatoms. The van der Waals surface area contributed by atoms with Crippen molar-refractivity contribution in [2.24, 2.45) is 0 Å². The van der Waals surface area contributed by atoms with Gasteiger partial charge in [-0.2, -0.15) is 0 Å². The highest BCUT2D eigenvalue weighted by Crippen LogP contribution is 2.24. The summed E-state index contributed by atoms with van der Waals surface area (Å²) in [6.45, 7) is 0. The van der Waals surface area contributed by atoms with Gasteiger partial charge in [-0.15, -0.1) is 0 Å². The van der Waals surface area contributed by atoms with E-state index in [1.165, 1.54) is 0 Å². The highest BCUT2D eigenvalue weighted by Gasteiger charge is 2.25. The Bertz CT molecular complexity index is 1330. The Morgan fingerprint density at radius 2 is 1.48 bits per heavy atom. The Morgan fingerprint density at radius 1 is 0.903 bits per heavy atom. The number of rotatable bonds is 5. The topological polar surface area (TPSA) is 42.3 Å². The largest absolute Gasteiger partial charge is 0.319 e. The molecule has 0 radical (unpaired) electrons. The van der Waals surface area contributed by atoms with Gasteiger partial charge >= 0.3 is 0 Å². The molecule has 0 amide bonds. The van der Waals surface area contributed by atoms with E-state index in [1.807, 2.05) is 30.3 Å². The molecule has 0 N–H and O–H groups in total. The van der Waals surface area contributed by atoms with Gasteiger partial charge in [0.2, 0.25) is 5.43 Å². The summed E-state index contributed by atoms with van der Waals surface area (Å²) in [5, 5.41) is 1.60. The number of carbonyl (C=O) groups excluding carboxylic acids is 1. The van der Waals surface area contributed by atoms with E-state index in [4.69, 9.17) is 0 Å². The van der Waals surface area contributed by atoms with Crippen molar-refractivity contribution in [3.05, 3.63) is 117 Å². The summed E-state index contributed by atoms with van der Waals surface area (Å²) in [7, 11) is 3.44. The van der Waals surface area contributed by atoms with Crippen LogP contribution in [0.2, 0.25) is 0 Å². The van der Waals surface area contributed by atoms with Crippen LogP contribution >= 0.6 is 0 Å². The fourth-order valence-corrected chi connectivity index (χ4v) is 3.79. The van der Waals surface area contributed by atoms with Crippen molar-refractivity contribution in [2.45, 2.75) is 6.42 Å². The van der Waals surface area contributed by atoms with Crippen LogP contribution in [0.15, 0.2) is 77.6 Å². The number of aromatic nitrogens is 1. The van der Waals surface area contributed by atoms with Crippen LogP contribution in [0.5, 0.6) is 0 Å². The van der Waals surface area contributed by atoms with Gasteiger partial charge in [-0.05, 0) is 11.6 Å². The first kappa shape index (κ1) is 20.5. The maximum Gasteiger partial charge on any atom is 0.201 e. The fraction of sp³-hybridized carbons (Fsp3) is 0.120. The molecule has 0 aliphatic heterocycles. The van der Waals surface area contributed by atoms with Gasteiger partial charge in [0.1, 0.15) is 0 Å². The van der Waals surface area contributed by atoms with Crippen molar-refractivity contribution in [2.75, 3.05) is 19.1 Å². The Morgan fingerprint density at radius 3 is 2.10 bits per heavy atom. The normalized spacial score (nSPS) is 11.0. The van der Waals surface area contributed by atoms with Gasteiger partial charge in [-0.3, -0.25) is 14.3 Å². The zero-order valence-electron chi connectivity index (χ0n) is 17.1. The number of hydrogen-bond donors (Lipinski definition) is 0. The molecule has 4 rings (SSSR count). The number of nitrogens with zero attached hydrogens (tertiary/aromatic N) is 2. The van der Waals surface area contributed by atoms with E-state index in [0.29, 0.717) is 11.3 Å². The van der Waals surface area contributed by atoms with Gasteiger partial charge in [0, 0.05) is 32.1 Å². The summed E-state index contributed by atoms with van der Waals surface area (Å²) in [6, 6.07) is 19.7. The lowest BCUT2D eigenvalue weighted by Crippen LogP contribution is -2.34. The second-order valence-corrected chi connectivity index (χ2v) is 7.45. The number of carbonyl (C=O) groups is 1. The van der Waals surface area contributed by atoms with Gasteiger partial charge in [0.15, 0.2) is 17.4 Å². The average Bonchev–Trinajstić information content (AvgIpc) is 2.76. The molecule has 31 heavy (non-hydrogen) atoms. The lowest BCUT2D eigenvalue weighted by Gasteiger charge is -2.26. The molecule has 0 spiro atoms. The van der Waals surface area contributed by atoms with Crippen molar-refractivity contribution in [3.8, 4) is 0 Å². The summed E-state index contributed by atoms with van der Waals surface area (Å²) in [4.78, 5) is 26.9. The molecule has 0 atom stereocenters. The summed E-state index contributed by atoms with van der Waals surface area (Å²) in [6.07, 6.45) is 0.261. The van der Waals surface area contributed by atoms with Crippen LogP contribution in [0.25, 0.3) is 10.9 Å². The Labute approximate surface area is 178 Å². The zero-order chi connectivity index (χ0) is 22.1. The van der Waals surface area contributed by atoms with Crippen molar-refractivity contribution >= 4 is 16.7 Å². The molecule has 0 bridgehead atoms. The minimum atomic E-state index is -1.14. The first-order chi connectivity index (χ1) is 14.9. The monoisotopic (exact) mass is 418 g/mol. The van der Waals surface area contributed by atoms with Crippen molar-refractivity contribution < 1.29 is 13.6 Å². The second kappa shape index (κ2) is 8.14. The van der Waals surface area contributed by atoms with Crippen molar-refractivity contribution in [1.29, 1.82) is 0 Å². The molecular weight excluding hydrogens is 398 g/mol. The summed E-state index contributed by atoms with van der Waals surface area (Å²) in [5.41, 5.74) is 1.16. The van der Waals surface area contributed by atoms with Gasteiger partial charge in [0.25, 0.3) is 0 Å². The molecule has 0 unspecified atom stereocenters. The van der Waals surface area contributed by atoms with E-state index in [-0.39, 0.29) is 22.9 Å². The summed E-state index contributed by atoms with van der Waals surface area (Å²) < 4.78 is 29.8. The number of benzene rings is 3. The van der Waals surface area contributed by atoms with Gasteiger partial charge in [-0.25, -0.2) is 8.78 Å². The number of hydrogen-bond acceptors (Lipinski definition) is 3. The highest BCUT2D eigenvalue weighted by atomic mass is 19.2. The Kier molecular flexibility index (Phi) is 5.38. The summed E-state index contributed by atoms with van der Waals surface area (Å²) in [5.74, 6) is -2.65. The SMILES string of the molecule is CN(C)n1c(Cc2ccccc2)c(C(=O)c2ccccc2)c(=O)c2cc(F)c(F)cc21. The van der Waals surface area contributed by atoms with E-state index in [0.717, 1.165) is 17.7 Å². The molecule has 0 fully saturated rings. The highest BCUT2D eigenvalue weighted by molar-refractivity contribution is 6.11. The first-order valence-corrected chi connectivity index (χ1v) is 9.76. The first-order valence-electron chi connectivity index (χ1n) is 9.76. The Balaban J connectivity index is 2.11. The fourth-order valence-electron chi connectivity index (χ4n) is 3.79. The van der Waals surface area contributed by atoms with Crippen LogP contribution in [0.4, 0.5) is 8.78 Å². The maximum atomic E-state index is 14.1. The van der Waals surface area contributed by atoms with E-state index >= 15 is 0 Å². The third-order valence-electron chi connectivity index (χ3n) is 5.16. The minimum absolute atomic E-state index is 0.0521. The lowest BCUT2D eigenvalue weighted by atomic mass is 9.95. The van der Waals surface area contributed by atoms with Crippen molar-refractivity contribution in [1.82, 2.24) is 4.68 Å². The molecule has 4 nitrogen and oxygen atoms in total. The molecule has 156 valence electrons. The van der Waals surface area contributed by atoms with Crippen LogP contribution in [0.1, 0.15) is 27.2 Å². The molecule has 0 saturated heterocycles. The van der Waals surface area contributed by atoms with E-state index in [1.54, 1.807) is 54.1 Å². The molecule has 4 aromatic rings. The Hall–Kier alpha value is -3.80. The smallest absolute Gasteiger partial charge is 0.201 e. The molecular formula is C25H20F2N2O2. The molecule has 0 aliphatic rings. The van der Waals surface area contributed by atoms with Crippen LogP contribution in [0.3, 0.4) is 0 Å². The van der Waals surface area contributed by atoms with E-state index in [9.17, 15) is 18.4 Å². The predicted molar refractivity (Wildman–Crippen MR) is 117 cm³/mol. The molecule has 1 heterocycles. The lowest BCUT2D eigenvalue weighted by molar-refractivity contribution is 0.103. The molecule has 0 aliphatic carbocycles. The van der Waals surface area contributed by atoms with Crippen LogP contribution < -0.4 is 10.4 Å². The molecule has 3 aromatic carbocycles. The quantitative estimate of drug-likeness (QED) is 0.454. The molecule has 1 aromatic heterocycles. The second-order valence-electron chi connectivity index (χ2n) is 7.45. The third kappa shape index (κ3) is 3.72. The van der Waals surface area contributed by atoms with Gasteiger partial charge in [0.05, 0.1) is 22.2 Å². The van der Waals surface area contributed by atoms with Crippen LogP contribution in [-0.2, 0) is 6.42 Å². The van der Waals surface area contributed by atoms with E-state index < -0.39 is 22.8 Å². The number of pyridine rings is 1. The maximum absolute atomic E-state index is 14.1. The van der Waals surface area contributed by atoms with Crippen LogP contribution in [0, 0.1) is 11.6 Å². The summed E-state index contributed by atoms with van der Waals surface area (Å²) >= 11 is 0. The number of fused-ring (bicyclic) bond motifs is 1. The number of halogens is 2. The third-order valence-corrected chi connectivity index (χ3v) is 5.16. The zero-order valence-corrected chi connectivity index (χ0v) is 17.1. The van der Waals surface area contributed by atoms with Gasteiger partial charge in [-0.1, -0.05) is 60.7 Å². The van der Waals surface area contributed by atoms with Crippen molar-refractivity contribution in [3.63, 3.8) is 0 Å². The average molecular weight is 418 g/mol. The standard InChI is InChI=1S/C25H20F2N2O2/c1-28(2)29-21-15-20(27)19(26)14-18(21)25(31)23(24(30)17-11-7-4-8-12-17)22(29)13-16-9-5-3-6-10-16/h3-12,14-15H,13H2,1-2H3. The van der Waals surface area contributed by atoms with Crippen LogP contribution in [-0.4, -0.2) is 24.6 Å². The van der Waals surface area contributed by atoms with E-state index in [2.05, 4.69) is 0 Å². The predicted octanol–water partition coefficient (Wildman–Crippen LogP) is 4.30. The molecule has 0 saturated carbocycles. The minimum Gasteiger partial charge on any atom is -0.319 e. The van der Waals surface area contributed by atoms with Gasteiger partial charge < -0.3 is 5.01 Å².